The van der Waals surface area contributed by atoms with Crippen molar-refractivity contribution in [1.29, 1.82) is 0 Å². The number of hydrogen-bond acceptors (Lipinski definition) is 0. The van der Waals surface area contributed by atoms with Crippen LogP contribution in [-0.2, 0) is 25.8 Å². The van der Waals surface area contributed by atoms with Crippen molar-refractivity contribution in [3.05, 3.63) is 82.9 Å². The van der Waals surface area contributed by atoms with Crippen LogP contribution < -0.4 is 24.8 Å². The van der Waals surface area contributed by atoms with Gasteiger partial charge in [0, 0.05) is 16.1 Å². The zero-order valence-corrected chi connectivity index (χ0v) is 29.8. The van der Waals surface area contributed by atoms with Crippen molar-refractivity contribution >= 4 is 28.3 Å². The molecule has 0 amide bonds. The molecule has 0 spiro atoms. The van der Waals surface area contributed by atoms with Gasteiger partial charge in [0.25, 0.3) is 0 Å². The summed E-state index contributed by atoms with van der Waals surface area (Å²) < 4.78 is 0. The third kappa shape index (κ3) is 6.76. The quantitative estimate of drug-likeness (QED) is 0.288. The van der Waals surface area contributed by atoms with Gasteiger partial charge in [0.05, 0.1) is 0 Å². The maximum absolute atomic E-state index is 3.71. The van der Waals surface area contributed by atoms with Crippen LogP contribution in [0.2, 0.25) is 36.3 Å². The summed E-state index contributed by atoms with van der Waals surface area (Å²) in [5.41, 5.74) is 7.50. The van der Waals surface area contributed by atoms with E-state index in [0.717, 1.165) is 11.1 Å². The summed E-state index contributed by atoms with van der Waals surface area (Å²) >= 11 is 0. The summed E-state index contributed by atoms with van der Waals surface area (Å²) in [6, 6.07) is 27.2. The van der Waals surface area contributed by atoms with Crippen LogP contribution in [0.4, 0.5) is 0 Å². The Morgan fingerprint density at radius 2 is 1.03 bits per heavy atom. The summed E-state index contributed by atoms with van der Waals surface area (Å²) in [6.07, 6.45) is 20.5. The molecule has 2 aliphatic heterocycles. The minimum absolute atomic E-state index is 0. The molecule has 2 aromatic carbocycles. The summed E-state index contributed by atoms with van der Waals surface area (Å²) in [5, 5.41) is 0. The van der Waals surface area contributed by atoms with Gasteiger partial charge in [-0.1, -0.05) is 136 Å². The SMILES string of the molecule is CCCC[Si]1(C2[C-]=Cc3ccccc32)CCC1.CCCC[Si]1(C2[C-]=Cc3ccccc32)CCC1.[Cl-].[Cl-].[Hf+4]. The molecule has 2 aromatic rings. The van der Waals surface area contributed by atoms with E-state index in [2.05, 4.69) is 86.7 Å². The van der Waals surface area contributed by atoms with Crippen LogP contribution in [0.5, 0.6) is 0 Å². The summed E-state index contributed by atoms with van der Waals surface area (Å²) in [4.78, 5) is 0. The second-order valence-electron chi connectivity index (χ2n) is 11.4. The molecule has 6 rings (SSSR count). The first-order valence-corrected chi connectivity index (χ1v) is 19.5. The molecule has 0 bridgehead atoms. The maximum atomic E-state index is 3.71. The molecule has 0 aromatic heterocycles. The summed E-state index contributed by atoms with van der Waals surface area (Å²) in [7, 11) is -2.05. The first-order chi connectivity index (χ1) is 16.7. The van der Waals surface area contributed by atoms with Gasteiger partial charge in [-0.2, -0.15) is 11.1 Å². The molecule has 4 aliphatic rings. The molecule has 2 saturated heterocycles. The van der Waals surface area contributed by atoms with E-state index in [1.54, 1.807) is 35.3 Å². The van der Waals surface area contributed by atoms with Gasteiger partial charge < -0.3 is 24.8 Å². The van der Waals surface area contributed by atoms with E-state index in [-0.39, 0.29) is 50.7 Å². The topological polar surface area (TPSA) is 0 Å². The maximum Gasteiger partial charge on any atom is 4.00 e. The van der Waals surface area contributed by atoms with E-state index in [9.17, 15) is 0 Å². The Hall–Kier alpha value is -0.196. The second-order valence-corrected chi connectivity index (χ2v) is 21.0. The Labute approximate surface area is 259 Å². The molecule has 0 N–H and O–H groups in total. The first kappa shape index (κ1) is 33.0. The standard InChI is InChI=1S/2C16H21Si.2ClH.Hf/c2*1-2-3-11-17(12-6-13-17)16-10-9-14-7-4-5-8-15(14)16;;;/h2*4-5,7-9,16H,2-3,6,11-13H2,1H3;2*1H;/q2*-1;;;+4/p-2. The van der Waals surface area contributed by atoms with Crippen molar-refractivity contribution in [1.82, 2.24) is 0 Å². The van der Waals surface area contributed by atoms with Crippen molar-refractivity contribution in [3.63, 3.8) is 0 Å². The number of unbranched alkanes of at least 4 members (excludes halogenated alkanes) is 2. The van der Waals surface area contributed by atoms with E-state index in [1.165, 1.54) is 61.7 Å². The van der Waals surface area contributed by atoms with Gasteiger partial charge in [0.15, 0.2) is 0 Å². The average molecular weight is 732 g/mol. The minimum atomic E-state index is -1.02. The molecule has 2 aliphatic carbocycles. The normalized spacial score (nSPS) is 22.4. The fourth-order valence-electron chi connectivity index (χ4n) is 7.04. The van der Waals surface area contributed by atoms with Crippen molar-refractivity contribution in [2.24, 2.45) is 0 Å². The first-order valence-electron chi connectivity index (χ1n) is 14.1. The van der Waals surface area contributed by atoms with Gasteiger partial charge in [-0.3, -0.25) is 12.2 Å². The van der Waals surface area contributed by atoms with Crippen molar-refractivity contribution in [3.8, 4) is 0 Å². The number of allylic oxidation sites excluding steroid dienone is 2. The predicted octanol–water partition coefficient (Wildman–Crippen LogP) is 3.59. The minimum Gasteiger partial charge on any atom is -1.00 e. The number of benzene rings is 2. The monoisotopic (exact) mass is 732 g/mol. The van der Waals surface area contributed by atoms with Gasteiger partial charge in [-0.05, 0) is 0 Å². The van der Waals surface area contributed by atoms with E-state index < -0.39 is 16.1 Å². The fourth-order valence-corrected chi connectivity index (χ4v) is 17.1. The third-order valence-electron chi connectivity index (χ3n) is 9.40. The molecule has 37 heavy (non-hydrogen) atoms. The van der Waals surface area contributed by atoms with Crippen LogP contribution in [0.25, 0.3) is 12.2 Å². The van der Waals surface area contributed by atoms with E-state index in [0.29, 0.717) is 0 Å². The van der Waals surface area contributed by atoms with Crippen molar-refractivity contribution < 1.29 is 50.7 Å². The van der Waals surface area contributed by atoms with Crippen LogP contribution in [0.1, 0.15) is 85.7 Å². The van der Waals surface area contributed by atoms with E-state index >= 15 is 0 Å². The zero-order chi connectivity index (χ0) is 23.4. The van der Waals surface area contributed by atoms with E-state index in [4.69, 9.17) is 0 Å². The van der Waals surface area contributed by atoms with Gasteiger partial charge in [0.2, 0.25) is 0 Å². The molecule has 2 atom stereocenters. The Morgan fingerprint density at radius 3 is 1.35 bits per heavy atom. The van der Waals surface area contributed by atoms with Crippen molar-refractivity contribution in [2.75, 3.05) is 0 Å². The Bertz CT molecular complexity index is 959. The van der Waals surface area contributed by atoms with Crippen LogP contribution in [0, 0.1) is 12.2 Å². The Morgan fingerprint density at radius 1 is 0.649 bits per heavy atom. The fraction of sp³-hybridized carbons (Fsp3) is 0.500. The smallest absolute Gasteiger partial charge is 1.00 e. The largest absolute Gasteiger partial charge is 4.00 e. The molecule has 0 radical (unpaired) electrons. The number of fused-ring (bicyclic) bond motifs is 2. The number of hydrogen-bond donors (Lipinski definition) is 0. The summed E-state index contributed by atoms with van der Waals surface area (Å²) in [6.45, 7) is 4.64. The van der Waals surface area contributed by atoms with Crippen LogP contribution in [-0.4, -0.2) is 16.1 Å². The molecular formula is C32H42Cl2HfSi2. The average Bonchev–Trinajstić information content (AvgIpc) is 3.44. The Balaban J connectivity index is 0.000000241. The zero-order valence-electron chi connectivity index (χ0n) is 22.7. The number of halogens is 2. The molecule has 2 unspecified atom stereocenters. The van der Waals surface area contributed by atoms with Gasteiger partial charge in [-0.15, -0.1) is 23.3 Å². The third-order valence-corrected chi connectivity index (χ3v) is 20.9. The molecule has 2 heterocycles. The number of rotatable bonds is 8. The van der Waals surface area contributed by atoms with Crippen LogP contribution in [0.15, 0.2) is 48.5 Å². The molecule has 0 saturated carbocycles. The second kappa shape index (κ2) is 15.0. The van der Waals surface area contributed by atoms with E-state index in [1.807, 2.05) is 0 Å². The molecule has 196 valence electrons. The predicted molar refractivity (Wildman–Crippen MR) is 153 cm³/mol. The summed E-state index contributed by atoms with van der Waals surface area (Å²) in [5.74, 6) is 0. The van der Waals surface area contributed by atoms with Gasteiger partial charge in [-0.25, -0.2) is 12.2 Å². The molecule has 2 fully saturated rings. The molecular weight excluding hydrogens is 690 g/mol. The van der Waals surface area contributed by atoms with Crippen LogP contribution in [0.3, 0.4) is 0 Å². The van der Waals surface area contributed by atoms with Gasteiger partial charge >= 0.3 is 25.8 Å². The van der Waals surface area contributed by atoms with Gasteiger partial charge in [0.1, 0.15) is 0 Å². The van der Waals surface area contributed by atoms with Crippen molar-refractivity contribution in [2.45, 2.75) is 99.7 Å². The Kier molecular flexibility index (Phi) is 13.4. The van der Waals surface area contributed by atoms with Crippen LogP contribution >= 0.6 is 0 Å². The molecule has 5 heteroatoms. The molecule has 0 nitrogen and oxygen atoms in total.